The number of alkyl halides is 2. The predicted octanol–water partition coefficient (Wildman–Crippen LogP) is 1.63. The molecule has 2 N–H and O–H groups in total. The second-order valence-corrected chi connectivity index (χ2v) is 3.81. The first-order valence-corrected chi connectivity index (χ1v) is 4.85. The normalized spacial score (nSPS) is 10.5. The van der Waals surface area contributed by atoms with Crippen LogP contribution in [-0.4, -0.2) is 15.8 Å². The summed E-state index contributed by atoms with van der Waals surface area (Å²) in [5.74, 6) is -1.92. The third kappa shape index (κ3) is 2.40. The van der Waals surface area contributed by atoms with Crippen LogP contribution in [0.3, 0.4) is 0 Å². The molecule has 0 aliphatic rings. The summed E-state index contributed by atoms with van der Waals surface area (Å²) in [6, 6.07) is 0.856. The molecule has 1 rings (SSSR count). The molecule has 6 nitrogen and oxygen atoms in total. The molecule has 0 aliphatic carbocycles. The van der Waals surface area contributed by atoms with E-state index in [1.54, 1.807) is 0 Å². The van der Waals surface area contributed by atoms with Crippen molar-refractivity contribution in [3.63, 3.8) is 0 Å². The van der Waals surface area contributed by atoms with E-state index in [0.29, 0.717) is 0 Å². The maximum absolute atomic E-state index is 12.6. The number of nitrogens with zero attached hydrogens (tertiary/aromatic N) is 2. The van der Waals surface area contributed by atoms with E-state index < -0.39 is 34.3 Å². The van der Waals surface area contributed by atoms with Crippen LogP contribution in [0.4, 0.5) is 14.6 Å². The molecule has 0 fully saturated rings. The van der Waals surface area contributed by atoms with E-state index in [9.17, 15) is 23.7 Å². The third-order valence-electron chi connectivity index (χ3n) is 1.63. The zero-order valence-corrected chi connectivity index (χ0v) is 9.64. The average molecular weight is 343 g/mol. The SMILES string of the molecule is NC(=O)c1nc([N+](=O)[O-])cc(I)c1C(F)F. The van der Waals surface area contributed by atoms with Gasteiger partial charge in [-0.25, -0.2) is 8.78 Å². The lowest BCUT2D eigenvalue weighted by Crippen LogP contribution is -2.18. The number of carbonyl (C=O) groups excluding carboxylic acids is 1. The lowest BCUT2D eigenvalue weighted by atomic mass is 10.2. The Kier molecular flexibility index (Phi) is 3.67. The topological polar surface area (TPSA) is 99.1 Å². The molecule has 1 aromatic rings. The Morgan fingerprint density at radius 1 is 1.62 bits per heavy atom. The summed E-state index contributed by atoms with van der Waals surface area (Å²) in [6.45, 7) is 0. The van der Waals surface area contributed by atoms with Crippen molar-refractivity contribution >= 4 is 34.3 Å². The van der Waals surface area contributed by atoms with E-state index in [0.717, 1.165) is 6.07 Å². The molecule has 0 aromatic carbocycles. The van der Waals surface area contributed by atoms with Crippen LogP contribution in [0.25, 0.3) is 0 Å². The van der Waals surface area contributed by atoms with Gasteiger partial charge in [-0.3, -0.25) is 4.79 Å². The number of halogens is 3. The summed E-state index contributed by atoms with van der Waals surface area (Å²) >= 11 is 1.46. The lowest BCUT2D eigenvalue weighted by Gasteiger charge is -2.04. The highest BCUT2D eigenvalue weighted by molar-refractivity contribution is 14.1. The molecule has 0 atom stereocenters. The first-order valence-electron chi connectivity index (χ1n) is 3.77. The smallest absolute Gasteiger partial charge is 0.362 e. The number of hydrogen-bond acceptors (Lipinski definition) is 4. The van der Waals surface area contributed by atoms with Gasteiger partial charge in [0, 0.05) is 9.64 Å². The number of rotatable bonds is 3. The summed E-state index contributed by atoms with van der Waals surface area (Å²) in [5.41, 5.74) is 3.38. The van der Waals surface area contributed by atoms with Gasteiger partial charge in [-0.05, 0) is 32.5 Å². The van der Waals surface area contributed by atoms with Crippen molar-refractivity contribution in [2.24, 2.45) is 5.73 Å². The molecule has 16 heavy (non-hydrogen) atoms. The van der Waals surface area contributed by atoms with Crippen molar-refractivity contribution in [2.75, 3.05) is 0 Å². The molecular formula is C7H4F2IN3O3. The number of nitrogens with two attached hydrogens (primary N) is 1. The van der Waals surface area contributed by atoms with Gasteiger partial charge in [-0.15, -0.1) is 0 Å². The summed E-state index contributed by atoms with van der Waals surface area (Å²) in [5, 5.41) is 10.4. The molecule has 0 saturated carbocycles. The van der Waals surface area contributed by atoms with Crippen molar-refractivity contribution in [1.82, 2.24) is 4.98 Å². The van der Waals surface area contributed by atoms with Gasteiger partial charge in [0.15, 0.2) is 0 Å². The van der Waals surface area contributed by atoms with Crippen LogP contribution in [0, 0.1) is 13.7 Å². The minimum atomic E-state index is -2.97. The highest BCUT2D eigenvalue weighted by Crippen LogP contribution is 2.29. The first-order chi connectivity index (χ1) is 7.34. The van der Waals surface area contributed by atoms with Crippen molar-refractivity contribution in [3.05, 3.63) is 31.0 Å². The number of pyridine rings is 1. The maximum Gasteiger partial charge on any atom is 0.365 e. The first kappa shape index (κ1) is 12.7. The van der Waals surface area contributed by atoms with Crippen molar-refractivity contribution < 1.29 is 18.5 Å². The number of aromatic nitrogens is 1. The van der Waals surface area contributed by atoms with E-state index in [1.807, 2.05) is 0 Å². The van der Waals surface area contributed by atoms with E-state index in [4.69, 9.17) is 5.73 Å². The second-order valence-electron chi connectivity index (χ2n) is 2.65. The lowest BCUT2D eigenvalue weighted by molar-refractivity contribution is -0.389. The molecular weight excluding hydrogens is 339 g/mol. The van der Waals surface area contributed by atoms with Gasteiger partial charge in [-0.1, -0.05) is 0 Å². The number of amides is 1. The Labute approximate surface area is 101 Å². The van der Waals surface area contributed by atoms with Crippen LogP contribution in [-0.2, 0) is 0 Å². The number of carbonyl (C=O) groups is 1. The molecule has 86 valence electrons. The van der Waals surface area contributed by atoms with Crippen LogP contribution < -0.4 is 5.73 Å². The molecule has 1 heterocycles. The van der Waals surface area contributed by atoms with Crippen LogP contribution in [0.2, 0.25) is 0 Å². The van der Waals surface area contributed by atoms with Gasteiger partial charge in [-0.2, -0.15) is 0 Å². The van der Waals surface area contributed by atoms with Crippen LogP contribution in [0.5, 0.6) is 0 Å². The Morgan fingerprint density at radius 2 is 2.19 bits per heavy atom. The average Bonchev–Trinajstić information content (AvgIpc) is 2.15. The Hall–Kier alpha value is -1.39. The van der Waals surface area contributed by atoms with Crippen molar-refractivity contribution in [3.8, 4) is 0 Å². The molecule has 0 unspecified atom stereocenters. The van der Waals surface area contributed by atoms with Gasteiger partial charge in [0.05, 0.1) is 5.56 Å². The van der Waals surface area contributed by atoms with Crippen LogP contribution in [0.1, 0.15) is 22.5 Å². The van der Waals surface area contributed by atoms with Gasteiger partial charge < -0.3 is 15.8 Å². The summed E-state index contributed by atoms with van der Waals surface area (Å²) in [4.78, 5) is 23.6. The number of primary amides is 1. The molecule has 1 amide bonds. The fraction of sp³-hybridized carbons (Fsp3) is 0.143. The molecule has 0 radical (unpaired) electrons. The minimum Gasteiger partial charge on any atom is -0.362 e. The van der Waals surface area contributed by atoms with Crippen molar-refractivity contribution in [1.29, 1.82) is 0 Å². The largest absolute Gasteiger partial charge is 0.365 e. The summed E-state index contributed by atoms with van der Waals surface area (Å²) in [7, 11) is 0. The zero-order valence-electron chi connectivity index (χ0n) is 7.49. The standard InChI is InChI=1S/C7H4F2IN3O3/c8-6(9)4-2(10)1-3(13(15)16)12-5(4)7(11)14/h1,6H,(H2,11,14). The fourth-order valence-electron chi connectivity index (χ4n) is 1.00. The van der Waals surface area contributed by atoms with Crippen LogP contribution >= 0.6 is 22.6 Å². The monoisotopic (exact) mass is 343 g/mol. The molecule has 0 aliphatic heterocycles. The van der Waals surface area contributed by atoms with Gasteiger partial charge >= 0.3 is 5.82 Å². The molecule has 0 spiro atoms. The highest BCUT2D eigenvalue weighted by atomic mass is 127. The molecule has 0 bridgehead atoms. The Balaban J connectivity index is 3.52. The Morgan fingerprint density at radius 3 is 2.56 bits per heavy atom. The second kappa shape index (κ2) is 4.63. The summed E-state index contributed by atoms with van der Waals surface area (Å²) in [6.07, 6.45) is -2.97. The molecule has 9 heteroatoms. The number of nitro groups is 1. The van der Waals surface area contributed by atoms with Crippen LogP contribution in [0.15, 0.2) is 6.07 Å². The summed E-state index contributed by atoms with van der Waals surface area (Å²) < 4.78 is 25.0. The molecule has 0 saturated heterocycles. The zero-order chi connectivity index (χ0) is 12.5. The van der Waals surface area contributed by atoms with Crippen molar-refractivity contribution in [2.45, 2.75) is 6.43 Å². The third-order valence-corrected chi connectivity index (χ3v) is 2.53. The number of hydrogen-bond donors (Lipinski definition) is 1. The van der Waals surface area contributed by atoms with E-state index in [2.05, 4.69) is 4.98 Å². The minimum absolute atomic E-state index is 0.122. The fourth-order valence-corrected chi connectivity index (χ4v) is 1.77. The Bertz CT molecular complexity index is 466. The molecule has 1 aromatic heterocycles. The van der Waals surface area contributed by atoms with Gasteiger partial charge in [0.1, 0.15) is 0 Å². The van der Waals surface area contributed by atoms with E-state index in [1.165, 1.54) is 22.6 Å². The maximum atomic E-state index is 12.6. The quantitative estimate of drug-likeness (QED) is 0.512. The predicted molar refractivity (Wildman–Crippen MR) is 57.1 cm³/mol. The van der Waals surface area contributed by atoms with Gasteiger partial charge in [0.25, 0.3) is 12.3 Å². The van der Waals surface area contributed by atoms with E-state index in [-0.39, 0.29) is 3.57 Å². The van der Waals surface area contributed by atoms with Gasteiger partial charge in [0.2, 0.25) is 5.69 Å². The highest BCUT2D eigenvalue weighted by Gasteiger charge is 2.28. The van der Waals surface area contributed by atoms with E-state index >= 15 is 0 Å².